The maximum absolute atomic E-state index is 12.9. The summed E-state index contributed by atoms with van der Waals surface area (Å²) in [6.07, 6.45) is 8.89. The van der Waals surface area contributed by atoms with E-state index in [0.717, 1.165) is 12.8 Å². The largest absolute Gasteiger partial charge is 0.475 e. The zero-order valence-corrected chi connectivity index (χ0v) is 17.7. The molecular weight excluding hydrogens is 388 g/mol. The Kier molecular flexibility index (Phi) is 9.71. The van der Waals surface area contributed by atoms with Crippen molar-refractivity contribution in [2.75, 3.05) is 13.1 Å². The molecule has 6 N–H and O–H groups in total. The van der Waals surface area contributed by atoms with Gasteiger partial charge in [0.25, 0.3) is 5.78 Å². The molecule has 9 heteroatoms. The van der Waals surface area contributed by atoms with Gasteiger partial charge in [0.2, 0.25) is 11.8 Å². The van der Waals surface area contributed by atoms with Gasteiger partial charge in [-0.15, -0.1) is 0 Å². The molecule has 2 amide bonds. The van der Waals surface area contributed by atoms with Crippen LogP contribution < -0.4 is 16.8 Å². The number of hydrogen-bond acceptors (Lipinski definition) is 6. The summed E-state index contributed by atoms with van der Waals surface area (Å²) in [6, 6.07) is -2.47. The van der Waals surface area contributed by atoms with Gasteiger partial charge in [-0.3, -0.25) is 14.4 Å². The lowest BCUT2D eigenvalue weighted by Crippen LogP contribution is -2.54. The van der Waals surface area contributed by atoms with Gasteiger partial charge in [-0.2, -0.15) is 0 Å². The van der Waals surface area contributed by atoms with Crippen molar-refractivity contribution >= 4 is 23.6 Å². The third-order valence-corrected chi connectivity index (χ3v) is 6.26. The van der Waals surface area contributed by atoms with Gasteiger partial charge in [-0.05, 0) is 51.0 Å². The van der Waals surface area contributed by atoms with E-state index in [1.807, 2.05) is 0 Å². The summed E-state index contributed by atoms with van der Waals surface area (Å²) < 4.78 is 0. The summed E-state index contributed by atoms with van der Waals surface area (Å²) in [5.74, 6) is -2.90. The molecular formula is C21H36N4O5. The fourth-order valence-corrected chi connectivity index (χ4v) is 4.58. The smallest absolute Gasteiger partial charge is 0.374 e. The van der Waals surface area contributed by atoms with Gasteiger partial charge in [0, 0.05) is 6.54 Å². The number of nitrogens with zero attached hydrogens (tertiary/aromatic N) is 1. The van der Waals surface area contributed by atoms with E-state index < -0.39 is 35.8 Å². The fourth-order valence-electron chi connectivity index (χ4n) is 4.58. The Bertz CT molecular complexity index is 621. The molecule has 0 aromatic rings. The molecule has 0 bridgehead atoms. The number of unbranched alkanes of at least 4 members (excludes halogenated alkanes) is 1. The van der Waals surface area contributed by atoms with Gasteiger partial charge < -0.3 is 26.8 Å². The number of amides is 2. The molecule has 1 aliphatic heterocycles. The second-order valence-corrected chi connectivity index (χ2v) is 8.55. The van der Waals surface area contributed by atoms with Gasteiger partial charge in [0.15, 0.2) is 0 Å². The second-order valence-electron chi connectivity index (χ2n) is 8.55. The number of ketones is 1. The number of carboxylic acids is 1. The van der Waals surface area contributed by atoms with E-state index in [0.29, 0.717) is 51.1 Å². The van der Waals surface area contributed by atoms with Crippen LogP contribution in [-0.2, 0) is 19.2 Å². The second kappa shape index (κ2) is 12.0. The number of rotatable bonds is 11. The van der Waals surface area contributed by atoms with Crippen molar-refractivity contribution in [3.63, 3.8) is 0 Å². The maximum atomic E-state index is 12.9. The van der Waals surface area contributed by atoms with Crippen molar-refractivity contribution in [3.05, 3.63) is 0 Å². The molecule has 2 aliphatic rings. The van der Waals surface area contributed by atoms with Crippen LogP contribution in [0.2, 0.25) is 0 Å². The number of carboxylic acid groups (broad SMARTS) is 1. The van der Waals surface area contributed by atoms with Gasteiger partial charge in [0.1, 0.15) is 6.04 Å². The molecule has 170 valence electrons. The molecule has 2 rings (SSSR count). The number of aliphatic carboxylic acids is 1. The Morgan fingerprint density at radius 1 is 1.03 bits per heavy atom. The van der Waals surface area contributed by atoms with Crippen molar-refractivity contribution in [3.8, 4) is 0 Å². The normalized spacial score (nSPS) is 21.8. The predicted octanol–water partition coefficient (Wildman–Crippen LogP) is 0.543. The monoisotopic (exact) mass is 424 g/mol. The van der Waals surface area contributed by atoms with Crippen molar-refractivity contribution in [1.82, 2.24) is 10.2 Å². The molecule has 9 nitrogen and oxygen atoms in total. The molecule has 1 heterocycles. The summed E-state index contributed by atoms with van der Waals surface area (Å²) in [7, 11) is 0. The van der Waals surface area contributed by atoms with E-state index in [1.54, 1.807) is 0 Å². The molecule has 0 unspecified atom stereocenters. The van der Waals surface area contributed by atoms with E-state index in [9.17, 15) is 19.2 Å². The number of carbonyl (C=O) groups is 4. The van der Waals surface area contributed by atoms with Gasteiger partial charge in [-0.1, -0.05) is 32.1 Å². The highest BCUT2D eigenvalue weighted by molar-refractivity contribution is 6.35. The number of nitrogens with one attached hydrogen (secondary N) is 1. The third kappa shape index (κ3) is 6.77. The van der Waals surface area contributed by atoms with Gasteiger partial charge in [0.05, 0.1) is 12.1 Å². The first-order valence-corrected chi connectivity index (χ1v) is 11.2. The average Bonchev–Trinajstić information content (AvgIpc) is 3.22. The highest BCUT2D eigenvalue weighted by Crippen LogP contribution is 2.28. The fraction of sp³-hybridized carbons (Fsp3) is 0.810. The zero-order valence-electron chi connectivity index (χ0n) is 17.7. The minimum Gasteiger partial charge on any atom is -0.475 e. The molecule has 0 radical (unpaired) electrons. The topological polar surface area (TPSA) is 156 Å². The predicted molar refractivity (Wildman–Crippen MR) is 111 cm³/mol. The Labute approximate surface area is 177 Å². The van der Waals surface area contributed by atoms with Crippen LogP contribution in [0.1, 0.15) is 70.6 Å². The number of carbonyl (C=O) groups excluding carboxylic acids is 3. The number of nitrogens with two attached hydrogens (primary N) is 2. The van der Waals surface area contributed by atoms with Crippen LogP contribution in [0.25, 0.3) is 0 Å². The SMILES string of the molecule is NCCCC[C@H](NC(=O)[C@@H]1CCCN1C(=O)[C@H](N)CC1CCCCC1)C(=O)C(=O)O. The van der Waals surface area contributed by atoms with Crippen LogP contribution in [0.4, 0.5) is 0 Å². The summed E-state index contributed by atoms with van der Waals surface area (Å²) in [5.41, 5.74) is 11.6. The molecule has 1 saturated carbocycles. The summed E-state index contributed by atoms with van der Waals surface area (Å²) in [4.78, 5) is 50.4. The van der Waals surface area contributed by atoms with Crippen LogP contribution in [0.15, 0.2) is 0 Å². The number of likely N-dealkylation sites (tertiary alicyclic amines) is 1. The zero-order chi connectivity index (χ0) is 22.1. The molecule has 0 spiro atoms. The molecule has 1 saturated heterocycles. The summed E-state index contributed by atoms with van der Waals surface area (Å²) >= 11 is 0. The number of hydrogen-bond donors (Lipinski definition) is 4. The van der Waals surface area contributed by atoms with Crippen LogP contribution in [-0.4, -0.2) is 64.8 Å². The Morgan fingerprint density at radius 3 is 2.37 bits per heavy atom. The maximum Gasteiger partial charge on any atom is 0.374 e. The van der Waals surface area contributed by atoms with Gasteiger partial charge in [-0.25, -0.2) is 4.79 Å². The highest BCUT2D eigenvalue weighted by Gasteiger charge is 2.38. The first kappa shape index (κ1) is 24.3. The Hall–Kier alpha value is -2.00. The quantitative estimate of drug-likeness (QED) is 0.279. The summed E-state index contributed by atoms with van der Waals surface area (Å²) in [5, 5.41) is 11.6. The Morgan fingerprint density at radius 2 is 1.73 bits per heavy atom. The van der Waals surface area contributed by atoms with Crippen LogP contribution in [0.5, 0.6) is 0 Å². The average molecular weight is 425 g/mol. The number of Topliss-reactive ketones (excluding diaryl/α,β-unsaturated/α-hetero) is 1. The van der Waals surface area contributed by atoms with Crippen molar-refractivity contribution in [2.45, 2.75) is 88.8 Å². The Balaban J connectivity index is 1.97. The lowest BCUT2D eigenvalue weighted by molar-refractivity contribution is -0.151. The van der Waals surface area contributed by atoms with E-state index in [-0.39, 0.29) is 12.3 Å². The molecule has 0 aromatic carbocycles. The van der Waals surface area contributed by atoms with Crippen molar-refractivity contribution in [2.24, 2.45) is 17.4 Å². The summed E-state index contributed by atoms with van der Waals surface area (Å²) in [6.45, 7) is 0.867. The molecule has 0 aromatic heterocycles. The van der Waals surface area contributed by atoms with Crippen molar-refractivity contribution < 1.29 is 24.3 Å². The van der Waals surface area contributed by atoms with Crippen molar-refractivity contribution in [1.29, 1.82) is 0 Å². The first-order valence-electron chi connectivity index (χ1n) is 11.2. The van der Waals surface area contributed by atoms with Crippen LogP contribution >= 0.6 is 0 Å². The molecule has 1 aliphatic carbocycles. The van der Waals surface area contributed by atoms with E-state index in [1.165, 1.54) is 24.2 Å². The lowest BCUT2D eigenvalue weighted by atomic mass is 9.84. The van der Waals surface area contributed by atoms with Gasteiger partial charge >= 0.3 is 5.97 Å². The first-order chi connectivity index (χ1) is 14.3. The molecule has 3 atom stereocenters. The minimum atomic E-state index is -1.58. The van der Waals surface area contributed by atoms with E-state index >= 15 is 0 Å². The van der Waals surface area contributed by atoms with Crippen LogP contribution in [0.3, 0.4) is 0 Å². The minimum absolute atomic E-state index is 0.204. The van der Waals surface area contributed by atoms with E-state index in [2.05, 4.69) is 5.32 Å². The molecule has 2 fully saturated rings. The molecule has 30 heavy (non-hydrogen) atoms. The third-order valence-electron chi connectivity index (χ3n) is 6.26. The van der Waals surface area contributed by atoms with E-state index in [4.69, 9.17) is 16.6 Å². The standard InChI is InChI=1S/C21H36N4O5/c22-11-5-4-9-16(18(26)21(29)30)24-19(27)17-10-6-12-25(17)20(28)15(23)13-14-7-2-1-3-8-14/h14-17H,1-13,22-23H2,(H,24,27)(H,29,30)/t15-,16+,17+/m1/s1. The lowest BCUT2D eigenvalue weighted by Gasteiger charge is -2.30. The van der Waals surface area contributed by atoms with Crippen LogP contribution in [0, 0.1) is 5.92 Å². The highest BCUT2D eigenvalue weighted by atomic mass is 16.4.